The minimum Gasteiger partial charge on any atom is -0.508 e. The zero-order valence-electron chi connectivity index (χ0n) is 19.2. The first-order chi connectivity index (χ1) is 17.5. The predicted molar refractivity (Wildman–Crippen MR) is 140 cm³/mol. The zero-order valence-corrected chi connectivity index (χ0v) is 20.0. The number of carbonyl (C=O) groups excluding carboxylic acids is 2. The molecular weight excluding hydrogens is 474 g/mol. The maximum absolute atomic E-state index is 13.4. The van der Waals surface area contributed by atoms with E-state index in [1.165, 1.54) is 28.4 Å². The summed E-state index contributed by atoms with van der Waals surface area (Å²) in [6, 6.07) is 18.7. The van der Waals surface area contributed by atoms with E-state index in [4.69, 9.17) is 0 Å². The van der Waals surface area contributed by atoms with Gasteiger partial charge in [-0.3, -0.25) is 14.5 Å². The van der Waals surface area contributed by atoms with Gasteiger partial charge in [0.15, 0.2) is 5.13 Å². The van der Waals surface area contributed by atoms with Gasteiger partial charge in [0.25, 0.3) is 5.78 Å². The van der Waals surface area contributed by atoms with E-state index in [9.17, 15) is 19.8 Å². The van der Waals surface area contributed by atoms with Crippen molar-refractivity contribution < 1.29 is 19.8 Å². The van der Waals surface area contributed by atoms with Gasteiger partial charge in [-0.25, -0.2) is 4.98 Å². The average molecular weight is 496 g/mol. The highest BCUT2D eigenvalue weighted by Crippen LogP contribution is 2.45. The minimum absolute atomic E-state index is 0.0241. The van der Waals surface area contributed by atoms with Crippen molar-refractivity contribution in [2.45, 2.75) is 19.4 Å². The molecule has 2 aromatic heterocycles. The van der Waals surface area contributed by atoms with Crippen LogP contribution in [0, 0.1) is 0 Å². The number of aromatic nitrogens is 2. The van der Waals surface area contributed by atoms with Crippen LogP contribution in [0.25, 0.3) is 26.9 Å². The largest absolute Gasteiger partial charge is 0.508 e. The Kier molecular flexibility index (Phi) is 5.12. The molecule has 1 aliphatic rings. The number of aromatic amines is 1. The Bertz CT molecular complexity index is 1700. The first kappa shape index (κ1) is 22.1. The summed E-state index contributed by atoms with van der Waals surface area (Å²) in [5, 5.41) is 22.4. The third kappa shape index (κ3) is 3.37. The van der Waals surface area contributed by atoms with Crippen LogP contribution in [0.2, 0.25) is 0 Å². The van der Waals surface area contributed by atoms with Gasteiger partial charge in [0, 0.05) is 22.7 Å². The molecule has 1 atom stereocenters. The number of fused-ring (bicyclic) bond motifs is 2. The third-order valence-corrected chi connectivity index (χ3v) is 7.57. The number of anilines is 1. The molecule has 8 heteroatoms. The Morgan fingerprint density at radius 3 is 2.64 bits per heavy atom. The van der Waals surface area contributed by atoms with Crippen LogP contribution in [0.1, 0.15) is 29.7 Å². The van der Waals surface area contributed by atoms with Crippen LogP contribution >= 0.6 is 11.3 Å². The molecule has 0 radical (unpaired) electrons. The van der Waals surface area contributed by atoms with Gasteiger partial charge in [0.05, 0.1) is 21.8 Å². The summed E-state index contributed by atoms with van der Waals surface area (Å²) >= 11 is 1.33. The highest BCUT2D eigenvalue weighted by molar-refractivity contribution is 7.22. The maximum Gasteiger partial charge on any atom is 0.301 e. The van der Waals surface area contributed by atoms with Gasteiger partial charge in [-0.1, -0.05) is 54.7 Å². The van der Waals surface area contributed by atoms with Crippen molar-refractivity contribution in [3.05, 3.63) is 95.2 Å². The number of carbonyl (C=O) groups is 2. The van der Waals surface area contributed by atoms with Crippen molar-refractivity contribution in [3.8, 4) is 5.75 Å². The lowest BCUT2D eigenvalue weighted by molar-refractivity contribution is -0.132. The number of rotatable bonds is 4. The number of nitrogens with zero attached hydrogens (tertiary/aromatic N) is 2. The normalized spacial score (nSPS) is 17.5. The topological polar surface area (TPSA) is 107 Å². The van der Waals surface area contributed by atoms with Crippen molar-refractivity contribution in [2.75, 3.05) is 4.90 Å². The van der Waals surface area contributed by atoms with Gasteiger partial charge in [-0.05, 0) is 47.9 Å². The van der Waals surface area contributed by atoms with Gasteiger partial charge in [-0.15, -0.1) is 0 Å². The van der Waals surface area contributed by atoms with Crippen LogP contribution in [-0.4, -0.2) is 31.9 Å². The van der Waals surface area contributed by atoms with Crippen molar-refractivity contribution in [1.29, 1.82) is 0 Å². The number of benzene rings is 3. The molecular formula is C28H21N3O4S. The molecule has 7 nitrogen and oxygen atoms in total. The molecule has 3 heterocycles. The Labute approximate surface area is 210 Å². The van der Waals surface area contributed by atoms with E-state index in [1.54, 1.807) is 18.3 Å². The second-order valence-electron chi connectivity index (χ2n) is 8.66. The first-order valence-corrected chi connectivity index (χ1v) is 12.3. The fourth-order valence-corrected chi connectivity index (χ4v) is 5.75. The molecule has 0 saturated carbocycles. The number of ketones is 1. The van der Waals surface area contributed by atoms with Gasteiger partial charge in [0.1, 0.15) is 11.5 Å². The quantitative estimate of drug-likeness (QED) is 0.169. The molecule has 1 aliphatic heterocycles. The molecule has 3 N–H and O–H groups in total. The number of aliphatic hydroxyl groups excluding tert-OH is 1. The summed E-state index contributed by atoms with van der Waals surface area (Å²) in [4.78, 5) is 36.0. The van der Waals surface area contributed by atoms with Gasteiger partial charge < -0.3 is 15.2 Å². The Morgan fingerprint density at radius 1 is 1.08 bits per heavy atom. The second kappa shape index (κ2) is 8.35. The van der Waals surface area contributed by atoms with E-state index >= 15 is 0 Å². The fraction of sp³-hybridized carbons (Fsp3) is 0.107. The molecule has 0 aliphatic carbocycles. The lowest BCUT2D eigenvalue weighted by Crippen LogP contribution is -2.29. The monoisotopic (exact) mass is 495 g/mol. The van der Waals surface area contributed by atoms with E-state index in [-0.39, 0.29) is 17.1 Å². The number of amides is 1. The fourth-order valence-electron chi connectivity index (χ4n) is 4.69. The molecule has 1 amide bonds. The number of nitrogens with one attached hydrogen (secondary N) is 1. The van der Waals surface area contributed by atoms with Crippen LogP contribution in [0.5, 0.6) is 5.75 Å². The summed E-state index contributed by atoms with van der Waals surface area (Å²) in [5.74, 6) is -1.76. The maximum atomic E-state index is 13.4. The van der Waals surface area contributed by atoms with Crippen LogP contribution in [-0.2, 0) is 16.0 Å². The molecule has 1 unspecified atom stereocenters. The smallest absolute Gasteiger partial charge is 0.301 e. The molecule has 1 saturated heterocycles. The van der Waals surface area contributed by atoms with Crippen molar-refractivity contribution in [3.63, 3.8) is 0 Å². The van der Waals surface area contributed by atoms with Gasteiger partial charge in [-0.2, -0.15) is 0 Å². The molecule has 6 rings (SSSR count). The van der Waals surface area contributed by atoms with Crippen LogP contribution < -0.4 is 4.90 Å². The number of H-pyrrole nitrogens is 1. The summed E-state index contributed by atoms with van der Waals surface area (Å²) < 4.78 is 0.910. The number of thiazole rings is 1. The summed E-state index contributed by atoms with van der Waals surface area (Å²) in [6.45, 7) is 2.07. The number of Topliss-reactive ketones (excluding diaryl/α,β-unsaturated/α-hetero) is 1. The lowest BCUT2D eigenvalue weighted by Gasteiger charge is -2.22. The van der Waals surface area contributed by atoms with Crippen molar-refractivity contribution in [1.82, 2.24) is 9.97 Å². The SMILES string of the molecule is CCc1ccc2nc(N3C(=O)C(=O)/C(=C(/O)c4c[nH]c5ccccc45)C3c3ccc(O)cc3)sc2c1. The number of aryl methyl sites for hydroxylation is 1. The molecule has 36 heavy (non-hydrogen) atoms. The molecule has 5 aromatic rings. The van der Waals surface area contributed by atoms with E-state index in [2.05, 4.69) is 16.9 Å². The second-order valence-corrected chi connectivity index (χ2v) is 9.67. The summed E-state index contributed by atoms with van der Waals surface area (Å²) in [5.41, 5.74) is 3.66. The van der Waals surface area contributed by atoms with Crippen molar-refractivity contribution >= 4 is 55.0 Å². The van der Waals surface area contributed by atoms with Crippen LogP contribution in [0.15, 0.2) is 78.5 Å². The number of aliphatic hydroxyl groups is 1. The minimum atomic E-state index is -0.912. The number of phenolic OH excluding ortho intramolecular Hbond substituents is 1. The average Bonchev–Trinajstić information content (AvgIpc) is 3.58. The lowest BCUT2D eigenvalue weighted by atomic mass is 9.95. The van der Waals surface area contributed by atoms with E-state index in [0.29, 0.717) is 16.3 Å². The number of hydrogen-bond acceptors (Lipinski definition) is 6. The van der Waals surface area contributed by atoms with E-state index in [0.717, 1.165) is 33.1 Å². The Morgan fingerprint density at radius 2 is 1.86 bits per heavy atom. The number of aromatic hydroxyl groups is 1. The van der Waals surface area contributed by atoms with Crippen LogP contribution in [0.3, 0.4) is 0 Å². The highest BCUT2D eigenvalue weighted by Gasteiger charge is 2.48. The predicted octanol–water partition coefficient (Wildman–Crippen LogP) is 5.67. The Hall–Kier alpha value is -4.43. The third-order valence-electron chi connectivity index (χ3n) is 6.55. The molecule has 1 fully saturated rings. The highest BCUT2D eigenvalue weighted by atomic mass is 32.1. The van der Waals surface area contributed by atoms with Crippen molar-refractivity contribution in [2.24, 2.45) is 0 Å². The van der Waals surface area contributed by atoms with Gasteiger partial charge in [0.2, 0.25) is 0 Å². The Balaban J connectivity index is 1.57. The molecule has 3 aromatic carbocycles. The molecule has 0 bridgehead atoms. The van der Waals surface area contributed by atoms with E-state index in [1.807, 2.05) is 42.5 Å². The number of phenols is 1. The van der Waals surface area contributed by atoms with Crippen LogP contribution in [0.4, 0.5) is 5.13 Å². The van der Waals surface area contributed by atoms with Gasteiger partial charge >= 0.3 is 5.91 Å². The molecule has 178 valence electrons. The summed E-state index contributed by atoms with van der Waals surface area (Å²) in [6.07, 6.45) is 2.50. The zero-order chi connectivity index (χ0) is 25.0. The summed E-state index contributed by atoms with van der Waals surface area (Å²) in [7, 11) is 0. The standard InChI is InChI=1S/C28H21N3O4S/c1-2-15-7-12-21-22(13-15)36-28(30-21)31-24(16-8-10-17(32)11-9-16)23(26(34)27(31)35)25(33)19-14-29-20-6-4-3-5-18(19)20/h3-14,24,29,32-33H,2H2,1H3/b25-23+. The van der Waals surface area contributed by atoms with E-state index < -0.39 is 17.7 Å². The number of hydrogen-bond donors (Lipinski definition) is 3. The first-order valence-electron chi connectivity index (χ1n) is 11.5. The number of para-hydroxylation sites is 1. The molecule has 0 spiro atoms.